The molecule has 1 aliphatic heterocycles. The quantitative estimate of drug-likeness (QED) is 0.279. The molecule has 1 aliphatic rings. The summed E-state index contributed by atoms with van der Waals surface area (Å²) in [7, 11) is 0.919. The highest BCUT2D eigenvalue weighted by atomic mass is 28.1. The molecular weight excluding hydrogens is 82.1 g/mol. The minimum Gasteiger partial charge on any atom is -0.352 e. The average molecular weight is 88.2 g/mol. The highest BCUT2D eigenvalue weighted by molar-refractivity contribution is 6.16. The van der Waals surface area contributed by atoms with E-state index in [1.807, 2.05) is 0 Å². The van der Waals surface area contributed by atoms with Crippen LogP contribution in [0.15, 0.2) is 0 Å². The number of ether oxygens (including phenoxy) is 1. The zero-order valence-corrected chi connectivity index (χ0v) is 5.06. The molecule has 1 radical (unpaired) electrons. The summed E-state index contributed by atoms with van der Waals surface area (Å²) >= 11 is 0. The molecule has 0 aliphatic carbocycles. The van der Waals surface area contributed by atoms with Crippen LogP contribution in [0.3, 0.4) is 0 Å². The number of hydrogen-bond donors (Lipinski definition) is 1. The first kappa shape index (κ1) is 3.33. The summed E-state index contributed by atoms with van der Waals surface area (Å²) in [5.74, 6) is 0. The molecule has 0 aromatic carbocycles. The molecule has 0 bridgehead atoms. The van der Waals surface area contributed by atoms with Crippen molar-refractivity contribution in [3.63, 3.8) is 0 Å². The van der Waals surface area contributed by atoms with E-state index in [-0.39, 0.29) is 5.35 Å². The summed E-state index contributed by atoms with van der Waals surface area (Å²) in [5.41, 5.74) is 5.25. The Morgan fingerprint density at radius 1 is 2.00 bits per heavy atom. The van der Waals surface area contributed by atoms with Crippen LogP contribution in [0.2, 0.25) is 0 Å². The molecule has 0 amide bonds. The first-order chi connectivity index (χ1) is 2.21. The monoisotopic (exact) mass is 88.0 g/mol. The maximum Gasteiger partial charge on any atom is 0.127 e. The second-order valence-corrected chi connectivity index (χ2v) is 2.98. The van der Waals surface area contributed by atoms with Gasteiger partial charge in [0.05, 0.1) is 10.2 Å². The fourth-order valence-corrected chi connectivity index (χ4v) is 0.211. The number of nitrogens with two attached hydrogens (primary N) is 1. The predicted octanol–water partition coefficient (Wildman–Crippen LogP) is -1.84. The SMILES string of the molecule is NC1([SiH3])[CH]O1. The minimum absolute atomic E-state index is 0.236. The second kappa shape index (κ2) is 0.615. The highest BCUT2D eigenvalue weighted by Crippen LogP contribution is 2.19. The Kier molecular flexibility index (Phi) is 0.410. The van der Waals surface area contributed by atoms with Gasteiger partial charge in [0.15, 0.2) is 0 Å². The standard InChI is InChI=1S/C2H6NOSi/c3-2(5)1-4-2/h1H,3H2,5H3. The van der Waals surface area contributed by atoms with Crippen LogP contribution in [-0.4, -0.2) is 15.6 Å². The van der Waals surface area contributed by atoms with Crippen molar-refractivity contribution in [1.82, 2.24) is 0 Å². The van der Waals surface area contributed by atoms with Crippen LogP contribution in [0, 0.1) is 6.61 Å². The van der Waals surface area contributed by atoms with Gasteiger partial charge in [-0.25, -0.2) is 0 Å². The summed E-state index contributed by atoms with van der Waals surface area (Å²) in [5, 5.41) is -0.236. The molecule has 3 heteroatoms. The number of rotatable bonds is 0. The van der Waals surface area contributed by atoms with Crippen LogP contribution < -0.4 is 5.73 Å². The van der Waals surface area contributed by atoms with Crippen LogP contribution in [-0.2, 0) is 4.74 Å². The van der Waals surface area contributed by atoms with E-state index in [1.54, 1.807) is 6.61 Å². The van der Waals surface area contributed by atoms with Gasteiger partial charge in [-0.3, -0.25) is 0 Å². The molecule has 1 heterocycles. The summed E-state index contributed by atoms with van der Waals surface area (Å²) in [6, 6.07) is 0. The summed E-state index contributed by atoms with van der Waals surface area (Å²) in [6.45, 7) is 1.65. The van der Waals surface area contributed by atoms with E-state index in [0.29, 0.717) is 0 Å². The van der Waals surface area contributed by atoms with E-state index in [1.165, 1.54) is 0 Å². The molecule has 1 rings (SSSR count). The van der Waals surface area contributed by atoms with Gasteiger partial charge in [-0.15, -0.1) is 0 Å². The molecule has 2 N–H and O–H groups in total. The third-order valence-corrected chi connectivity index (χ3v) is 0.961. The predicted molar refractivity (Wildman–Crippen MR) is 22.2 cm³/mol. The number of hydrogen-bond acceptors (Lipinski definition) is 2. The normalized spacial score (nSPS) is 49.8. The van der Waals surface area contributed by atoms with Gasteiger partial charge in [-0.05, 0) is 0 Å². The molecule has 5 heavy (non-hydrogen) atoms. The van der Waals surface area contributed by atoms with Gasteiger partial charge in [0.1, 0.15) is 12.0 Å². The van der Waals surface area contributed by atoms with Gasteiger partial charge in [0.25, 0.3) is 0 Å². The van der Waals surface area contributed by atoms with E-state index >= 15 is 0 Å². The van der Waals surface area contributed by atoms with Crippen molar-refractivity contribution >= 4 is 10.2 Å². The smallest absolute Gasteiger partial charge is 0.127 e. The van der Waals surface area contributed by atoms with Crippen LogP contribution in [0.1, 0.15) is 0 Å². The van der Waals surface area contributed by atoms with E-state index in [2.05, 4.69) is 4.74 Å². The van der Waals surface area contributed by atoms with Crippen molar-refractivity contribution in [2.75, 3.05) is 0 Å². The molecule has 1 unspecified atom stereocenters. The number of epoxide rings is 1. The lowest BCUT2D eigenvalue weighted by atomic mass is 10.8. The summed E-state index contributed by atoms with van der Waals surface area (Å²) in [4.78, 5) is 0. The lowest BCUT2D eigenvalue weighted by Crippen LogP contribution is -2.21. The lowest BCUT2D eigenvalue weighted by molar-refractivity contribution is 0.399. The van der Waals surface area contributed by atoms with Crippen molar-refractivity contribution < 1.29 is 4.74 Å². The molecule has 29 valence electrons. The topological polar surface area (TPSA) is 38.5 Å². The lowest BCUT2D eigenvalue weighted by Gasteiger charge is -1.82. The molecule has 2 nitrogen and oxygen atoms in total. The highest BCUT2D eigenvalue weighted by Gasteiger charge is 2.34. The van der Waals surface area contributed by atoms with E-state index in [9.17, 15) is 0 Å². The minimum atomic E-state index is -0.236. The Morgan fingerprint density at radius 3 is 2.20 bits per heavy atom. The van der Waals surface area contributed by atoms with Crippen LogP contribution in [0.4, 0.5) is 0 Å². The molecular formula is C2H6NOSi. The van der Waals surface area contributed by atoms with Crippen molar-refractivity contribution in [2.24, 2.45) is 5.73 Å². The van der Waals surface area contributed by atoms with Crippen molar-refractivity contribution in [3.05, 3.63) is 6.61 Å². The van der Waals surface area contributed by atoms with Gasteiger partial charge in [-0.2, -0.15) is 0 Å². The van der Waals surface area contributed by atoms with Crippen LogP contribution in [0.5, 0.6) is 0 Å². The van der Waals surface area contributed by atoms with Crippen molar-refractivity contribution in [2.45, 2.75) is 5.35 Å². The van der Waals surface area contributed by atoms with Crippen LogP contribution >= 0.6 is 0 Å². The largest absolute Gasteiger partial charge is 0.352 e. The van der Waals surface area contributed by atoms with E-state index in [0.717, 1.165) is 10.2 Å². The Hall–Kier alpha value is 0.137. The fourth-order valence-electron chi connectivity index (χ4n) is 0.0929. The van der Waals surface area contributed by atoms with Crippen molar-refractivity contribution in [3.8, 4) is 0 Å². The molecule has 1 fully saturated rings. The molecule has 1 atom stereocenters. The molecule has 0 saturated carbocycles. The molecule has 0 aromatic heterocycles. The van der Waals surface area contributed by atoms with E-state index in [4.69, 9.17) is 5.73 Å². The Balaban J connectivity index is 2.38. The molecule has 1 saturated heterocycles. The van der Waals surface area contributed by atoms with Crippen LogP contribution in [0.25, 0.3) is 0 Å². The Morgan fingerprint density at radius 2 is 2.20 bits per heavy atom. The zero-order chi connectivity index (χ0) is 3.91. The zero-order valence-electron chi connectivity index (χ0n) is 3.06. The summed E-state index contributed by atoms with van der Waals surface area (Å²) in [6.07, 6.45) is 0. The molecule has 0 aromatic rings. The Labute approximate surface area is 33.7 Å². The van der Waals surface area contributed by atoms with Gasteiger partial charge in [0, 0.05) is 0 Å². The average Bonchev–Trinajstić information content (AvgIpc) is 1.76. The van der Waals surface area contributed by atoms with Gasteiger partial charge >= 0.3 is 0 Å². The summed E-state index contributed by atoms with van der Waals surface area (Å²) < 4.78 is 4.61. The third-order valence-electron chi connectivity index (χ3n) is 0.490. The third kappa shape index (κ3) is 0.716. The first-order valence-corrected chi connectivity index (χ1v) is 2.52. The van der Waals surface area contributed by atoms with E-state index < -0.39 is 0 Å². The second-order valence-electron chi connectivity index (χ2n) is 1.42. The Bertz CT molecular complexity index is 47.6. The van der Waals surface area contributed by atoms with Gasteiger partial charge in [0.2, 0.25) is 0 Å². The van der Waals surface area contributed by atoms with Gasteiger partial charge < -0.3 is 10.5 Å². The fraction of sp³-hybridized carbons (Fsp3) is 0.500. The van der Waals surface area contributed by atoms with Crippen molar-refractivity contribution in [1.29, 1.82) is 0 Å². The molecule has 0 spiro atoms. The maximum absolute atomic E-state index is 5.25. The maximum atomic E-state index is 5.25. The van der Waals surface area contributed by atoms with Gasteiger partial charge in [-0.1, -0.05) is 0 Å². The first-order valence-electron chi connectivity index (χ1n) is 1.52.